The first-order valence-electron chi connectivity index (χ1n) is 6.18. The van der Waals surface area contributed by atoms with Crippen molar-refractivity contribution in [1.29, 1.82) is 0 Å². The number of rotatable bonds is 1. The van der Waals surface area contributed by atoms with Crippen molar-refractivity contribution in [2.45, 2.75) is 13.8 Å². The highest BCUT2D eigenvalue weighted by Crippen LogP contribution is 2.37. The third-order valence-corrected chi connectivity index (χ3v) is 3.22. The van der Waals surface area contributed by atoms with Crippen molar-refractivity contribution < 1.29 is 4.74 Å². The van der Waals surface area contributed by atoms with Gasteiger partial charge in [0.2, 0.25) is 0 Å². The molecule has 0 saturated carbocycles. The summed E-state index contributed by atoms with van der Waals surface area (Å²) in [6.07, 6.45) is 1.90. The summed E-state index contributed by atoms with van der Waals surface area (Å²) in [6.45, 7) is 5.67. The predicted molar refractivity (Wildman–Crippen MR) is 72.7 cm³/mol. The van der Waals surface area contributed by atoms with E-state index in [4.69, 9.17) is 4.74 Å². The molecule has 0 amide bonds. The molecule has 0 unspecified atom stereocenters. The lowest BCUT2D eigenvalue weighted by atomic mass is 10.1. The number of hydrogen-bond acceptors (Lipinski definition) is 3. The van der Waals surface area contributed by atoms with E-state index in [0.717, 1.165) is 23.8 Å². The Morgan fingerprint density at radius 3 is 2.83 bits per heavy atom. The van der Waals surface area contributed by atoms with Crippen molar-refractivity contribution in [2.24, 2.45) is 0 Å². The van der Waals surface area contributed by atoms with Gasteiger partial charge in [-0.25, -0.2) is 4.98 Å². The average molecular weight is 240 g/mol. The number of pyridine rings is 1. The Hall–Kier alpha value is -2.03. The number of fused-ring (bicyclic) bond motifs is 1. The lowest BCUT2D eigenvalue weighted by molar-refractivity contribution is 0.311. The highest BCUT2D eigenvalue weighted by molar-refractivity contribution is 5.70. The minimum atomic E-state index is 0.702. The van der Waals surface area contributed by atoms with Crippen molar-refractivity contribution >= 4 is 11.5 Å². The zero-order chi connectivity index (χ0) is 12.5. The molecule has 2 heterocycles. The molecular formula is C15H16N2O. The van der Waals surface area contributed by atoms with Crippen LogP contribution in [0.2, 0.25) is 0 Å². The van der Waals surface area contributed by atoms with Gasteiger partial charge < -0.3 is 9.64 Å². The Morgan fingerprint density at radius 2 is 2.06 bits per heavy atom. The van der Waals surface area contributed by atoms with Crippen LogP contribution in [0.1, 0.15) is 11.1 Å². The molecule has 18 heavy (non-hydrogen) atoms. The first-order valence-corrected chi connectivity index (χ1v) is 6.18. The van der Waals surface area contributed by atoms with Gasteiger partial charge in [-0.15, -0.1) is 0 Å². The zero-order valence-electron chi connectivity index (χ0n) is 10.7. The fourth-order valence-electron chi connectivity index (χ4n) is 2.25. The second kappa shape index (κ2) is 4.33. The topological polar surface area (TPSA) is 25.4 Å². The summed E-state index contributed by atoms with van der Waals surface area (Å²) in [5, 5.41) is 0. The van der Waals surface area contributed by atoms with E-state index in [1.165, 1.54) is 11.1 Å². The first-order chi connectivity index (χ1) is 8.75. The first kappa shape index (κ1) is 11.1. The van der Waals surface area contributed by atoms with Crippen LogP contribution in [0.15, 0.2) is 36.5 Å². The summed E-state index contributed by atoms with van der Waals surface area (Å²) < 4.78 is 5.76. The Balaban J connectivity index is 2.06. The van der Waals surface area contributed by atoms with Crippen LogP contribution < -0.4 is 9.64 Å². The molecule has 92 valence electrons. The lowest BCUT2D eigenvalue weighted by Gasteiger charge is -2.31. The van der Waals surface area contributed by atoms with Crippen molar-refractivity contribution in [2.75, 3.05) is 18.1 Å². The SMILES string of the molecule is Cc1ccc(N2CCOc3c(C)cccc32)nc1. The quantitative estimate of drug-likeness (QED) is 0.765. The Kier molecular flexibility index (Phi) is 2.67. The fourth-order valence-corrected chi connectivity index (χ4v) is 2.25. The van der Waals surface area contributed by atoms with Crippen LogP contribution in [0.5, 0.6) is 5.75 Å². The van der Waals surface area contributed by atoms with Gasteiger partial charge in [-0.2, -0.15) is 0 Å². The van der Waals surface area contributed by atoms with Crippen molar-refractivity contribution in [1.82, 2.24) is 4.98 Å². The van der Waals surface area contributed by atoms with E-state index >= 15 is 0 Å². The molecule has 2 aromatic rings. The smallest absolute Gasteiger partial charge is 0.145 e. The number of ether oxygens (including phenoxy) is 1. The van der Waals surface area contributed by atoms with E-state index in [1.807, 2.05) is 13.1 Å². The Labute approximate surface area is 107 Å². The zero-order valence-corrected chi connectivity index (χ0v) is 10.7. The monoisotopic (exact) mass is 240 g/mol. The summed E-state index contributed by atoms with van der Waals surface area (Å²) in [4.78, 5) is 6.71. The van der Waals surface area contributed by atoms with Crippen molar-refractivity contribution in [3.05, 3.63) is 47.7 Å². The molecule has 3 nitrogen and oxygen atoms in total. The third-order valence-electron chi connectivity index (χ3n) is 3.22. The Morgan fingerprint density at radius 1 is 1.17 bits per heavy atom. The van der Waals surface area contributed by atoms with E-state index in [1.54, 1.807) is 0 Å². The number of aromatic nitrogens is 1. The number of anilines is 2. The number of nitrogens with zero attached hydrogens (tertiary/aromatic N) is 2. The van der Waals surface area contributed by atoms with Crippen LogP contribution in [0.3, 0.4) is 0 Å². The summed E-state index contributed by atoms with van der Waals surface area (Å²) >= 11 is 0. The predicted octanol–water partition coefficient (Wildman–Crippen LogP) is 3.23. The summed E-state index contributed by atoms with van der Waals surface area (Å²) in [5.74, 6) is 1.96. The number of para-hydroxylation sites is 1. The Bertz CT molecular complexity index is 563. The molecule has 1 aliphatic heterocycles. The van der Waals surface area contributed by atoms with Crippen LogP contribution in [-0.2, 0) is 0 Å². The van der Waals surface area contributed by atoms with Gasteiger partial charge in [0.15, 0.2) is 0 Å². The molecule has 0 aliphatic carbocycles. The molecule has 1 aromatic carbocycles. The van der Waals surface area contributed by atoms with Crippen LogP contribution >= 0.6 is 0 Å². The van der Waals surface area contributed by atoms with Crippen LogP contribution in [0.4, 0.5) is 11.5 Å². The molecule has 0 spiro atoms. The van der Waals surface area contributed by atoms with E-state index in [9.17, 15) is 0 Å². The van der Waals surface area contributed by atoms with E-state index in [2.05, 4.69) is 47.1 Å². The van der Waals surface area contributed by atoms with E-state index in [-0.39, 0.29) is 0 Å². The maximum absolute atomic E-state index is 5.76. The maximum Gasteiger partial charge on any atom is 0.145 e. The molecule has 3 heteroatoms. The van der Waals surface area contributed by atoms with E-state index < -0.39 is 0 Å². The standard InChI is InChI=1S/C15H16N2O/c1-11-6-7-14(16-10-11)17-8-9-18-15-12(2)4-3-5-13(15)17/h3-7,10H,8-9H2,1-2H3. The minimum Gasteiger partial charge on any atom is -0.489 e. The lowest BCUT2D eigenvalue weighted by Crippen LogP contribution is -2.29. The van der Waals surface area contributed by atoms with Crippen LogP contribution in [0.25, 0.3) is 0 Å². The van der Waals surface area contributed by atoms with Gasteiger partial charge in [0.25, 0.3) is 0 Å². The number of benzene rings is 1. The van der Waals surface area contributed by atoms with Gasteiger partial charge >= 0.3 is 0 Å². The number of hydrogen-bond donors (Lipinski definition) is 0. The molecule has 0 radical (unpaired) electrons. The van der Waals surface area contributed by atoms with Gasteiger partial charge in [0, 0.05) is 6.20 Å². The van der Waals surface area contributed by atoms with Gasteiger partial charge in [-0.3, -0.25) is 0 Å². The van der Waals surface area contributed by atoms with Gasteiger partial charge in [-0.05, 0) is 37.1 Å². The molecule has 0 atom stereocenters. The van der Waals surface area contributed by atoms with Crippen LogP contribution in [-0.4, -0.2) is 18.1 Å². The van der Waals surface area contributed by atoms with Crippen molar-refractivity contribution in [3.63, 3.8) is 0 Å². The normalized spacial score (nSPS) is 14.0. The fraction of sp³-hybridized carbons (Fsp3) is 0.267. The second-order valence-corrected chi connectivity index (χ2v) is 4.62. The molecule has 0 saturated heterocycles. The van der Waals surface area contributed by atoms with Crippen LogP contribution in [0, 0.1) is 13.8 Å². The molecule has 0 bridgehead atoms. The maximum atomic E-state index is 5.76. The number of aryl methyl sites for hydroxylation is 2. The van der Waals surface area contributed by atoms with E-state index in [0.29, 0.717) is 6.61 Å². The molecule has 0 fully saturated rings. The minimum absolute atomic E-state index is 0.702. The summed E-state index contributed by atoms with van der Waals surface area (Å²) in [6, 6.07) is 10.4. The molecule has 1 aromatic heterocycles. The highest BCUT2D eigenvalue weighted by atomic mass is 16.5. The second-order valence-electron chi connectivity index (χ2n) is 4.62. The average Bonchev–Trinajstić information content (AvgIpc) is 2.40. The summed E-state index contributed by atoms with van der Waals surface area (Å²) in [5.41, 5.74) is 3.46. The summed E-state index contributed by atoms with van der Waals surface area (Å²) in [7, 11) is 0. The third kappa shape index (κ3) is 1.82. The van der Waals surface area contributed by atoms with Crippen molar-refractivity contribution in [3.8, 4) is 5.75 Å². The van der Waals surface area contributed by atoms with Gasteiger partial charge in [0.1, 0.15) is 18.2 Å². The highest BCUT2D eigenvalue weighted by Gasteiger charge is 2.21. The van der Waals surface area contributed by atoms with Gasteiger partial charge in [-0.1, -0.05) is 18.2 Å². The largest absolute Gasteiger partial charge is 0.489 e. The molecule has 1 aliphatic rings. The molecular weight excluding hydrogens is 224 g/mol. The molecule has 0 N–H and O–H groups in total. The molecule has 3 rings (SSSR count). The van der Waals surface area contributed by atoms with Gasteiger partial charge in [0.05, 0.1) is 12.2 Å².